The number of anilines is 1. The fourth-order valence-corrected chi connectivity index (χ4v) is 3.17. The molecule has 1 aliphatic heterocycles. The molecule has 1 saturated carbocycles. The Morgan fingerprint density at radius 1 is 1.12 bits per heavy atom. The molecule has 0 radical (unpaired) electrons. The van der Waals surface area contributed by atoms with Crippen LogP contribution >= 0.6 is 0 Å². The van der Waals surface area contributed by atoms with Gasteiger partial charge in [0.15, 0.2) is 17.5 Å². The second-order valence-electron chi connectivity index (χ2n) is 6.83. The molecule has 26 heavy (non-hydrogen) atoms. The number of nitrogens with one attached hydrogen (secondary N) is 1. The van der Waals surface area contributed by atoms with Crippen molar-refractivity contribution in [2.24, 2.45) is 10.7 Å². The van der Waals surface area contributed by atoms with E-state index in [4.69, 9.17) is 15.2 Å². The molecule has 3 N–H and O–H groups in total. The standard InChI is InChI=1S/C20H22FN3O2/c21-15-4-1-3-14(11-15)20(7-8-20)13-23-19(22)24-16-5-6-17-18(12-16)26-10-2-9-25-17/h1,3-6,11-12H,2,7-10,13H2,(H3,22,23,24). The van der Waals surface area contributed by atoms with E-state index in [0.717, 1.165) is 36.3 Å². The fourth-order valence-electron chi connectivity index (χ4n) is 3.17. The monoisotopic (exact) mass is 355 g/mol. The van der Waals surface area contributed by atoms with Gasteiger partial charge in [0.25, 0.3) is 0 Å². The zero-order valence-electron chi connectivity index (χ0n) is 14.5. The molecule has 6 heteroatoms. The van der Waals surface area contributed by atoms with Crippen LogP contribution < -0.4 is 20.5 Å². The van der Waals surface area contributed by atoms with E-state index < -0.39 is 0 Å². The number of nitrogens with two attached hydrogens (primary N) is 1. The van der Waals surface area contributed by atoms with Gasteiger partial charge in [-0.3, -0.25) is 4.99 Å². The first kappa shape index (κ1) is 16.7. The minimum Gasteiger partial charge on any atom is -0.490 e. The highest BCUT2D eigenvalue weighted by Crippen LogP contribution is 2.48. The molecule has 2 aliphatic rings. The molecule has 0 amide bonds. The Morgan fingerprint density at radius 2 is 1.92 bits per heavy atom. The predicted molar refractivity (Wildman–Crippen MR) is 99.5 cm³/mol. The molecule has 0 spiro atoms. The molecule has 0 saturated heterocycles. The molecule has 2 aromatic rings. The van der Waals surface area contributed by atoms with Crippen LogP contribution in [0.1, 0.15) is 24.8 Å². The van der Waals surface area contributed by atoms with E-state index in [2.05, 4.69) is 10.3 Å². The molecule has 1 fully saturated rings. The number of halogens is 1. The van der Waals surface area contributed by atoms with Crippen molar-refractivity contribution in [3.63, 3.8) is 0 Å². The van der Waals surface area contributed by atoms with Crippen molar-refractivity contribution >= 4 is 11.6 Å². The van der Waals surface area contributed by atoms with Gasteiger partial charge in [-0.2, -0.15) is 0 Å². The summed E-state index contributed by atoms with van der Waals surface area (Å²) in [7, 11) is 0. The van der Waals surface area contributed by atoms with Gasteiger partial charge in [-0.25, -0.2) is 4.39 Å². The SMILES string of the molecule is NC(=NCC1(c2cccc(F)c2)CC1)Nc1ccc2c(c1)OCCCO2. The Hall–Kier alpha value is -2.76. The van der Waals surface area contributed by atoms with Gasteiger partial charge in [-0.05, 0) is 42.7 Å². The van der Waals surface area contributed by atoms with Crippen LogP contribution in [-0.4, -0.2) is 25.7 Å². The normalized spacial score (nSPS) is 18.1. The molecule has 1 heterocycles. The summed E-state index contributed by atoms with van der Waals surface area (Å²) < 4.78 is 24.8. The number of benzene rings is 2. The van der Waals surface area contributed by atoms with E-state index in [-0.39, 0.29) is 11.2 Å². The summed E-state index contributed by atoms with van der Waals surface area (Å²) >= 11 is 0. The number of ether oxygens (including phenoxy) is 2. The molecule has 5 nitrogen and oxygen atoms in total. The lowest BCUT2D eigenvalue weighted by Crippen LogP contribution is -2.25. The molecule has 0 bridgehead atoms. The van der Waals surface area contributed by atoms with Gasteiger partial charge in [0, 0.05) is 23.6 Å². The molecule has 0 atom stereocenters. The summed E-state index contributed by atoms with van der Waals surface area (Å²) in [6, 6.07) is 12.4. The number of aliphatic imine (C=N–C) groups is 1. The van der Waals surface area contributed by atoms with Gasteiger partial charge in [-0.15, -0.1) is 0 Å². The van der Waals surface area contributed by atoms with E-state index in [1.54, 1.807) is 12.1 Å². The van der Waals surface area contributed by atoms with Gasteiger partial charge in [-0.1, -0.05) is 12.1 Å². The minimum atomic E-state index is -0.212. The van der Waals surface area contributed by atoms with Crippen molar-refractivity contribution in [3.8, 4) is 11.5 Å². The van der Waals surface area contributed by atoms with Crippen molar-refractivity contribution in [3.05, 3.63) is 53.8 Å². The van der Waals surface area contributed by atoms with Gasteiger partial charge < -0.3 is 20.5 Å². The van der Waals surface area contributed by atoms with E-state index in [1.165, 1.54) is 6.07 Å². The molecule has 0 aromatic heterocycles. The van der Waals surface area contributed by atoms with Crippen LogP contribution in [0, 0.1) is 5.82 Å². The largest absolute Gasteiger partial charge is 0.490 e. The summed E-state index contributed by atoms with van der Waals surface area (Å²) in [5.74, 6) is 1.57. The number of rotatable bonds is 4. The average molecular weight is 355 g/mol. The van der Waals surface area contributed by atoms with Crippen molar-refractivity contribution in [1.29, 1.82) is 0 Å². The van der Waals surface area contributed by atoms with Gasteiger partial charge in [0.05, 0.1) is 19.8 Å². The number of nitrogens with zero attached hydrogens (tertiary/aromatic N) is 1. The second-order valence-corrected chi connectivity index (χ2v) is 6.83. The van der Waals surface area contributed by atoms with Gasteiger partial charge in [0.2, 0.25) is 0 Å². The van der Waals surface area contributed by atoms with Crippen LogP contribution in [0.25, 0.3) is 0 Å². The smallest absolute Gasteiger partial charge is 0.193 e. The maximum Gasteiger partial charge on any atom is 0.193 e. The molecular weight excluding hydrogens is 333 g/mol. The van der Waals surface area contributed by atoms with Crippen LogP contribution in [0.15, 0.2) is 47.5 Å². The maximum absolute atomic E-state index is 13.5. The summed E-state index contributed by atoms with van der Waals surface area (Å²) in [6.45, 7) is 1.83. The number of guanidine groups is 1. The van der Waals surface area contributed by atoms with Crippen molar-refractivity contribution in [1.82, 2.24) is 0 Å². The van der Waals surface area contributed by atoms with Crippen molar-refractivity contribution in [2.45, 2.75) is 24.7 Å². The zero-order chi connectivity index (χ0) is 18.0. The second kappa shape index (κ2) is 6.86. The summed E-state index contributed by atoms with van der Waals surface area (Å²) in [5.41, 5.74) is 7.75. The molecule has 4 rings (SSSR count). The van der Waals surface area contributed by atoms with Gasteiger partial charge >= 0.3 is 0 Å². The van der Waals surface area contributed by atoms with Crippen LogP contribution in [0.3, 0.4) is 0 Å². The topological polar surface area (TPSA) is 68.9 Å². The van der Waals surface area contributed by atoms with Gasteiger partial charge in [0.1, 0.15) is 5.82 Å². The molecule has 1 aliphatic carbocycles. The third kappa shape index (κ3) is 3.59. The molecule has 136 valence electrons. The summed E-state index contributed by atoms with van der Waals surface area (Å²) in [5, 5.41) is 3.09. The van der Waals surface area contributed by atoms with Crippen LogP contribution in [0.4, 0.5) is 10.1 Å². The third-order valence-corrected chi connectivity index (χ3v) is 4.86. The lowest BCUT2D eigenvalue weighted by Gasteiger charge is -2.14. The summed E-state index contributed by atoms with van der Waals surface area (Å²) in [4.78, 5) is 4.48. The lowest BCUT2D eigenvalue weighted by molar-refractivity contribution is 0.297. The average Bonchev–Trinajstić information content (AvgIpc) is 3.44. The van der Waals surface area contributed by atoms with E-state index in [0.29, 0.717) is 31.5 Å². The summed E-state index contributed by atoms with van der Waals surface area (Å²) in [6.07, 6.45) is 2.86. The Labute approximate surface area is 152 Å². The zero-order valence-corrected chi connectivity index (χ0v) is 14.5. The highest BCUT2D eigenvalue weighted by Gasteiger charge is 2.44. The van der Waals surface area contributed by atoms with Crippen LogP contribution in [0.5, 0.6) is 11.5 Å². The Balaban J connectivity index is 1.43. The first-order chi connectivity index (χ1) is 12.6. The highest BCUT2D eigenvalue weighted by molar-refractivity contribution is 5.92. The first-order valence-electron chi connectivity index (χ1n) is 8.87. The minimum absolute atomic E-state index is 0.0842. The van der Waals surface area contributed by atoms with Crippen molar-refractivity contribution in [2.75, 3.05) is 25.1 Å². The highest BCUT2D eigenvalue weighted by atomic mass is 19.1. The van der Waals surface area contributed by atoms with E-state index in [9.17, 15) is 4.39 Å². The first-order valence-corrected chi connectivity index (χ1v) is 8.87. The number of hydrogen-bond donors (Lipinski definition) is 2. The fraction of sp³-hybridized carbons (Fsp3) is 0.350. The maximum atomic E-state index is 13.5. The number of fused-ring (bicyclic) bond motifs is 1. The van der Waals surface area contributed by atoms with E-state index in [1.807, 2.05) is 24.3 Å². The third-order valence-electron chi connectivity index (χ3n) is 4.86. The Kier molecular flexibility index (Phi) is 4.41. The van der Waals surface area contributed by atoms with E-state index >= 15 is 0 Å². The molecule has 2 aromatic carbocycles. The van der Waals surface area contributed by atoms with Crippen LogP contribution in [0.2, 0.25) is 0 Å². The lowest BCUT2D eigenvalue weighted by atomic mass is 9.96. The molecule has 0 unspecified atom stereocenters. The number of hydrogen-bond acceptors (Lipinski definition) is 3. The van der Waals surface area contributed by atoms with Crippen LogP contribution in [-0.2, 0) is 5.41 Å². The Morgan fingerprint density at radius 3 is 2.69 bits per heavy atom. The quantitative estimate of drug-likeness (QED) is 0.651. The molecular formula is C20H22FN3O2. The Bertz CT molecular complexity index is 834. The predicted octanol–water partition coefficient (Wildman–Crippen LogP) is 3.45. The van der Waals surface area contributed by atoms with Crippen molar-refractivity contribution < 1.29 is 13.9 Å².